The van der Waals surface area contributed by atoms with E-state index in [1.54, 1.807) is 23.6 Å². The molecule has 2 heterocycles. The van der Waals surface area contributed by atoms with Crippen LogP contribution in [0.1, 0.15) is 21.1 Å². The van der Waals surface area contributed by atoms with Crippen LogP contribution in [0, 0.1) is 6.92 Å². The molecule has 0 aliphatic carbocycles. The number of carbonyl (C=O) groups is 1. The van der Waals surface area contributed by atoms with Gasteiger partial charge in [-0.1, -0.05) is 0 Å². The fourth-order valence-electron chi connectivity index (χ4n) is 1.80. The second-order valence-corrected chi connectivity index (χ2v) is 5.00. The van der Waals surface area contributed by atoms with Gasteiger partial charge in [0.25, 0.3) is 0 Å². The van der Waals surface area contributed by atoms with Gasteiger partial charge in [0.05, 0.1) is 5.01 Å². The van der Waals surface area contributed by atoms with Crippen molar-refractivity contribution in [1.29, 1.82) is 0 Å². The average Bonchev–Trinajstić information content (AvgIpc) is 2.84. The lowest BCUT2D eigenvalue weighted by Gasteiger charge is -2.18. The molecular formula is C13H11NO3S. The lowest BCUT2D eigenvalue weighted by Crippen LogP contribution is -2.16. The number of ether oxygens (including phenoxy) is 2. The highest BCUT2D eigenvalue weighted by molar-refractivity contribution is 7.09. The molecule has 0 bridgehead atoms. The third kappa shape index (κ3) is 1.97. The standard InChI is InChI=1S/C13H11NO3S/c1-8-14-10(7-18-8)13(15)9-2-3-11-12(6-9)17-5-4-16-11/h2-3,6-7H,4-5H2,1H3. The molecule has 0 radical (unpaired) electrons. The summed E-state index contributed by atoms with van der Waals surface area (Å²) >= 11 is 1.47. The molecule has 0 spiro atoms. The highest BCUT2D eigenvalue weighted by atomic mass is 32.1. The molecule has 0 saturated carbocycles. The molecule has 1 aliphatic heterocycles. The smallest absolute Gasteiger partial charge is 0.212 e. The van der Waals surface area contributed by atoms with Crippen LogP contribution in [0.5, 0.6) is 11.5 Å². The van der Waals surface area contributed by atoms with E-state index in [1.807, 2.05) is 6.92 Å². The molecule has 1 aromatic heterocycles. The summed E-state index contributed by atoms with van der Waals surface area (Å²) in [6, 6.07) is 5.22. The molecule has 3 rings (SSSR count). The molecule has 1 aliphatic rings. The molecule has 0 saturated heterocycles. The molecule has 1 aromatic carbocycles. The Morgan fingerprint density at radius 3 is 2.78 bits per heavy atom. The van der Waals surface area contributed by atoms with Gasteiger partial charge in [-0.2, -0.15) is 0 Å². The monoisotopic (exact) mass is 261 g/mol. The lowest BCUT2D eigenvalue weighted by atomic mass is 10.1. The van der Waals surface area contributed by atoms with Crippen LogP contribution in [0.25, 0.3) is 0 Å². The summed E-state index contributed by atoms with van der Waals surface area (Å²) < 4.78 is 10.9. The topological polar surface area (TPSA) is 48.4 Å². The zero-order chi connectivity index (χ0) is 12.5. The minimum atomic E-state index is -0.0867. The van der Waals surface area contributed by atoms with E-state index in [0.29, 0.717) is 36.0 Å². The van der Waals surface area contributed by atoms with E-state index in [4.69, 9.17) is 9.47 Å². The van der Waals surface area contributed by atoms with Crippen LogP contribution in [0.3, 0.4) is 0 Å². The summed E-state index contributed by atoms with van der Waals surface area (Å²) in [6.45, 7) is 2.94. The number of carbonyl (C=O) groups excluding carboxylic acids is 1. The van der Waals surface area contributed by atoms with E-state index in [1.165, 1.54) is 11.3 Å². The SMILES string of the molecule is Cc1nc(C(=O)c2ccc3c(c2)OCCO3)cs1. The molecule has 0 amide bonds. The van der Waals surface area contributed by atoms with Crippen LogP contribution < -0.4 is 9.47 Å². The van der Waals surface area contributed by atoms with Crippen molar-refractivity contribution < 1.29 is 14.3 Å². The highest BCUT2D eigenvalue weighted by Crippen LogP contribution is 2.31. The first-order chi connectivity index (χ1) is 8.74. The van der Waals surface area contributed by atoms with Crippen LogP contribution >= 0.6 is 11.3 Å². The third-order valence-electron chi connectivity index (χ3n) is 2.66. The van der Waals surface area contributed by atoms with Crippen LogP contribution in [-0.4, -0.2) is 24.0 Å². The molecule has 4 nitrogen and oxygen atoms in total. The quantitative estimate of drug-likeness (QED) is 0.779. The summed E-state index contributed by atoms with van der Waals surface area (Å²) in [5.74, 6) is 1.22. The number of aryl methyl sites for hydroxylation is 1. The minimum Gasteiger partial charge on any atom is -0.486 e. The van der Waals surface area contributed by atoms with Gasteiger partial charge in [-0.3, -0.25) is 4.79 Å². The maximum Gasteiger partial charge on any atom is 0.212 e. The summed E-state index contributed by atoms with van der Waals surface area (Å²) in [4.78, 5) is 16.4. The summed E-state index contributed by atoms with van der Waals surface area (Å²) in [6.07, 6.45) is 0. The highest BCUT2D eigenvalue weighted by Gasteiger charge is 2.17. The van der Waals surface area contributed by atoms with Gasteiger partial charge < -0.3 is 9.47 Å². The summed E-state index contributed by atoms with van der Waals surface area (Å²) in [5.41, 5.74) is 1.05. The van der Waals surface area contributed by atoms with Crippen molar-refractivity contribution >= 4 is 17.1 Å². The van der Waals surface area contributed by atoms with Gasteiger partial charge in [-0.05, 0) is 25.1 Å². The average molecular weight is 261 g/mol. The Hall–Kier alpha value is -1.88. The Morgan fingerprint density at radius 1 is 1.28 bits per heavy atom. The number of fused-ring (bicyclic) bond motifs is 1. The normalized spacial score (nSPS) is 13.4. The van der Waals surface area contributed by atoms with Gasteiger partial charge in [0, 0.05) is 10.9 Å². The molecule has 0 N–H and O–H groups in total. The van der Waals surface area contributed by atoms with Gasteiger partial charge in [0.1, 0.15) is 18.9 Å². The van der Waals surface area contributed by atoms with E-state index < -0.39 is 0 Å². The van der Waals surface area contributed by atoms with Crippen molar-refractivity contribution in [1.82, 2.24) is 4.98 Å². The van der Waals surface area contributed by atoms with Gasteiger partial charge in [-0.15, -0.1) is 11.3 Å². The number of nitrogens with zero attached hydrogens (tertiary/aromatic N) is 1. The third-order valence-corrected chi connectivity index (χ3v) is 3.43. The van der Waals surface area contributed by atoms with Gasteiger partial charge in [0.2, 0.25) is 5.78 Å². The van der Waals surface area contributed by atoms with Crippen LogP contribution in [-0.2, 0) is 0 Å². The predicted molar refractivity (Wildman–Crippen MR) is 67.7 cm³/mol. The Balaban J connectivity index is 1.95. The maximum atomic E-state index is 12.2. The second-order valence-electron chi connectivity index (χ2n) is 3.94. The zero-order valence-electron chi connectivity index (χ0n) is 9.80. The number of benzene rings is 1. The number of thiazole rings is 1. The minimum absolute atomic E-state index is 0.0867. The number of aromatic nitrogens is 1. The van der Waals surface area contributed by atoms with Crippen LogP contribution in [0.2, 0.25) is 0 Å². The van der Waals surface area contributed by atoms with Gasteiger partial charge in [-0.25, -0.2) is 4.98 Å². The van der Waals surface area contributed by atoms with Crippen molar-refractivity contribution in [3.8, 4) is 11.5 Å². The van der Waals surface area contributed by atoms with Crippen molar-refractivity contribution in [2.75, 3.05) is 13.2 Å². The van der Waals surface area contributed by atoms with E-state index in [0.717, 1.165) is 5.01 Å². The fraction of sp³-hybridized carbons (Fsp3) is 0.231. The van der Waals surface area contributed by atoms with E-state index in [9.17, 15) is 4.79 Å². The molecule has 2 aromatic rings. The molecule has 92 valence electrons. The lowest BCUT2D eigenvalue weighted by molar-refractivity contribution is 0.103. The van der Waals surface area contributed by atoms with Gasteiger partial charge >= 0.3 is 0 Å². The molecule has 0 unspecified atom stereocenters. The van der Waals surface area contributed by atoms with Crippen molar-refractivity contribution in [2.45, 2.75) is 6.92 Å². The second kappa shape index (κ2) is 4.42. The van der Waals surface area contributed by atoms with E-state index in [2.05, 4.69) is 4.98 Å². The summed E-state index contributed by atoms with van der Waals surface area (Å²) in [7, 11) is 0. The molecule has 5 heteroatoms. The molecule has 18 heavy (non-hydrogen) atoms. The summed E-state index contributed by atoms with van der Waals surface area (Å²) in [5, 5.41) is 2.66. The number of rotatable bonds is 2. The Morgan fingerprint density at radius 2 is 2.06 bits per heavy atom. The molecule has 0 atom stereocenters. The van der Waals surface area contributed by atoms with Crippen molar-refractivity contribution in [3.63, 3.8) is 0 Å². The van der Waals surface area contributed by atoms with E-state index in [-0.39, 0.29) is 5.78 Å². The number of hydrogen-bond donors (Lipinski definition) is 0. The van der Waals surface area contributed by atoms with Crippen LogP contribution in [0.4, 0.5) is 0 Å². The van der Waals surface area contributed by atoms with Gasteiger partial charge in [0.15, 0.2) is 11.5 Å². The number of ketones is 1. The first kappa shape index (κ1) is 11.2. The Labute approximate surface area is 108 Å². The first-order valence-corrected chi connectivity index (χ1v) is 6.48. The van der Waals surface area contributed by atoms with Crippen molar-refractivity contribution in [3.05, 3.63) is 39.8 Å². The Bertz CT molecular complexity index is 606. The zero-order valence-corrected chi connectivity index (χ0v) is 10.6. The fourth-order valence-corrected chi connectivity index (χ4v) is 2.39. The molecule has 0 fully saturated rings. The van der Waals surface area contributed by atoms with E-state index >= 15 is 0 Å². The first-order valence-electron chi connectivity index (χ1n) is 5.60. The molecular weight excluding hydrogens is 250 g/mol. The van der Waals surface area contributed by atoms with Crippen LogP contribution in [0.15, 0.2) is 23.6 Å². The number of hydrogen-bond acceptors (Lipinski definition) is 5. The largest absolute Gasteiger partial charge is 0.486 e. The van der Waals surface area contributed by atoms with Crippen molar-refractivity contribution in [2.24, 2.45) is 0 Å². The predicted octanol–water partition coefficient (Wildman–Crippen LogP) is 2.45. The Kier molecular flexibility index (Phi) is 2.76. The maximum absolute atomic E-state index is 12.2.